The molecule has 0 radical (unpaired) electrons. The number of halogens is 1. The third-order valence-corrected chi connectivity index (χ3v) is 3.42. The zero-order valence-electron chi connectivity index (χ0n) is 14.7. The molecule has 0 atom stereocenters. The van der Waals surface area contributed by atoms with Crippen LogP contribution in [0.25, 0.3) is 0 Å². The van der Waals surface area contributed by atoms with Gasteiger partial charge in [-0.05, 0) is 26.3 Å². The van der Waals surface area contributed by atoms with E-state index in [9.17, 15) is 4.79 Å². The lowest BCUT2D eigenvalue weighted by Crippen LogP contribution is -2.41. The molecule has 0 aromatic heterocycles. The molecule has 1 amide bonds. The van der Waals surface area contributed by atoms with Gasteiger partial charge in [0.05, 0.1) is 12.0 Å². The minimum absolute atomic E-state index is 0. The van der Waals surface area contributed by atoms with Crippen LogP contribution in [0, 0.1) is 5.41 Å². The van der Waals surface area contributed by atoms with Gasteiger partial charge in [-0.1, -0.05) is 30.3 Å². The summed E-state index contributed by atoms with van der Waals surface area (Å²) in [7, 11) is 3.65. The third kappa shape index (κ3) is 7.20. The zero-order chi connectivity index (χ0) is 16.6. The SMILES string of the molecule is CCNC(=NCC(C)(C)C(=O)NC)N(C)Cc1ccccc1.I. The summed E-state index contributed by atoms with van der Waals surface area (Å²) in [6, 6.07) is 10.3. The summed E-state index contributed by atoms with van der Waals surface area (Å²) >= 11 is 0. The monoisotopic (exact) mass is 432 g/mol. The van der Waals surface area contributed by atoms with E-state index < -0.39 is 5.41 Å². The second-order valence-corrected chi connectivity index (χ2v) is 5.97. The Morgan fingerprint density at radius 3 is 2.39 bits per heavy atom. The maximum absolute atomic E-state index is 11.9. The van der Waals surface area contributed by atoms with Crippen molar-refractivity contribution in [2.24, 2.45) is 10.4 Å². The average molecular weight is 432 g/mol. The van der Waals surface area contributed by atoms with Gasteiger partial charge in [0, 0.05) is 27.2 Å². The number of amides is 1. The number of carbonyl (C=O) groups is 1. The van der Waals surface area contributed by atoms with Crippen LogP contribution < -0.4 is 10.6 Å². The fourth-order valence-corrected chi connectivity index (χ4v) is 2.08. The highest BCUT2D eigenvalue weighted by Crippen LogP contribution is 2.15. The van der Waals surface area contributed by atoms with Gasteiger partial charge in [0.25, 0.3) is 0 Å². The minimum Gasteiger partial charge on any atom is -0.359 e. The summed E-state index contributed by atoms with van der Waals surface area (Å²) in [5.74, 6) is 0.807. The molecule has 5 nitrogen and oxygen atoms in total. The maximum atomic E-state index is 11.9. The first-order valence-electron chi connectivity index (χ1n) is 7.66. The van der Waals surface area contributed by atoms with Crippen LogP contribution in [0.5, 0.6) is 0 Å². The Kier molecular flexibility index (Phi) is 9.87. The lowest BCUT2D eigenvalue weighted by molar-refractivity contribution is -0.128. The average Bonchev–Trinajstić information content (AvgIpc) is 2.51. The number of rotatable bonds is 6. The number of benzene rings is 1. The Bertz CT molecular complexity index is 503. The van der Waals surface area contributed by atoms with Crippen molar-refractivity contribution in [3.63, 3.8) is 0 Å². The molecule has 0 saturated heterocycles. The number of nitrogens with one attached hydrogen (secondary N) is 2. The molecule has 23 heavy (non-hydrogen) atoms. The number of hydrogen-bond donors (Lipinski definition) is 2. The molecule has 0 unspecified atom stereocenters. The summed E-state index contributed by atoms with van der Waals surface area (Å²) in [4.78, 5) is 18.5. The molecule has 6 heteroatoms. The van der Waals surface area contributed by atoms with E-state index in [0.29, 0.717) is 6.54 Å². The molecule has 2 N–H and O–H groups in total. The van der Waals surface area contributed by atoms with E-state index in [4.69, 9.17) is 0 Å². The molecule has 0 bridgehead atoms. The van der Waals surface area contributed by atoms with Crippen LogP contribution in [0.4, 0.5) is 0 Å². The molecular weight excluding hydrogens is 403 g/mol. The fourth-order valence-electron chi connectivity index (χ4n) is 2.08. The van der Waals surface area contributed by atoms with Gasteiger partial charge >= 0.3 is 0 Å². The molecule has 0 saturated carbocycles. The van der Waals surface area contributed by atoms with Crippen molar-refractivity contribution >= 4 is 35.8 Å². The van der Waals surface area contributed by atoms with Crippen LogP contribution in [0.2, 0.25) is 0 Å². The van der Waals surface area contributed by atoms with Crippen molar-refractivity contribution in [3.8, 4) is 0 Å². The topological polar surface area (TPSA) is 56.7 Å². The van der Waals surface area contributed by atoms with E-state index in [-0.39, 0.29) is 29.9 Å². The van der Waals surface area contributed by atoms with Crippen molar-refractivity contribution in [2.75, 3.05) is 27.2 Å². The van der Waals surface area contributed by atoms with Gasteiger partial charge in [0.1, 0.15) is 0 Å². The Morgan fingerprint density at radius 1 is 1.26 bits per heavy atom. The Labute approximate surface area is 157 Å². The molecule has 0 spiro atoms. The second kappa shape index (κ2) is 10.5. The Morgan fingerprint density at radius 2 is 1.87 bits per heavy atom. The third-order valence-electron chi connectivity index (χ3n) is 3.42. The maximum Gasteiger partial charge on any atom is 0.227 e. The number of hydrogen-bond acceptors (Lipinski definition) is 2. The lowest BCUT2D eigenvalue weighted by Gasteiger charge is -2.25. The largest absolute Gasteiger partial charge is 0.359 e. The Balaban J connectivity index is 0.00000484. The predicted molar refractivity (Wildman–Crippen MR) is 107 cm³/mol. The molecule has 1 rings (SSSR count). The van der Waals surface area contributed by atoms with Crippen LogP contribution in [-0.2, 0) is 11.3 Å². The molecule has 0 aliphatic rings. The Hall–Kier alpha value is -1.31. The predicted octanol–water partition coefficient (Wildman–Crippen LogP) is 2.47. The highest BCUT2D eigenvalue weighted by atomic mass is 127. The smallest absolute Gasteiger partial charge is 0.227 e. The normalized spacial score (nSPS) is 11.4. The quantitative estimate of drug-likeness (QED) is 0.413. The summed E-state index contributed by atoms with van der Waals surface area (Å²) in [5.41, 5.74) is 0.699. The van der Waals surface area contributed by atoms with Crippen molar-refractivity contribution in [3.05, 3.63) is 35.9 Å². The molecular formula is C17H29IN4O. The number of aliphatic imine (C=N–C) groups is 1. The molecule has 0 aliphatic heterocycles. The summed E-state index contributed by atoms with van der Waals surface area (Å²) in [6.45, 7) is 7.83. The molecule has 0 fully saturated rings. The van der Waals surface area contributed by atoms with Gasteiger partial charge in [-0.15, -0.1) is 24.0 Å². The minimum atomic E-state index is -0.525. The molecule has 0 aliphatic carbocycles. The molecule has 130 valence electrons. The first-order valence-corrected chi connectivity index (χ1v) is 7.66. The first-order chi connectivity index (χ1) is 10.4. The van der Waals surface area contributed by atoms with E-state index in [1.165, 1.54) is 5.56 Å². The molecule has 1 aromatic rings. The van der Waals surface area contributed by atoms with E-state index in [2.05, 4.69) is 32.7 Å². The molecule has 1 aromatic carbocycles. The van der Waals surface area contributed by atoms with Crippen LogP contribution >= 0.6 is 24.0 Å². The van der Waals surface area contributed by atoms with Crippen LogP contribution in [0.3, 0.4) is 0 Å². The first kappa shape index (κ1) is 21.7. The van der Waals surface area contributed by atoms with Crippen LogP contribution in [-0.4, -0.2) is 44.0 Å². The second-order valence-electron chi connectivity index (χ2n) is 5.97. The van der Waals surface area contributed by atoms with Gasteiger partial charge in [-0.3, -0.25) is 9.79 Å². The van der Waals surface area contributed by atoms with E-state index in [0.717, 1.165) is 19.0 Å². The number of nitrogens with zero attached hydrogens (tertiary/aromatic N) is 2. The fraction of sp³-hybridized carbons (Fsp3) is 0.529. The van der Waals surface area contributed by atoms with Gasteiger partial charge in [0.2, 0.25) is 5.91 Å². The summed E-state index contributed by atoms with van der Waals surface area (Å²) in [6.07, 6.45) is 0. The summed E-state index contributed by atoms with van der Waals surface area (Å²) < 4.78 is 0. The molecule has 0 heterocycles. The van der Waals surface area contributed by atoms with Gasteiger partial charge in [-0.2, -0.15) is 0 Å². The van der Waals surface area contributed by atoms with Crippen molar-refractivity contribution in [1.29, 1.82) is 0 Å². The van der Waals surface area contributed by atoms with Crippen LogP contribution in [0.15, 0.2) is 35.3 Å². The van der Waals surface area contributed by atoms with Crippen LogP contribution in [0.1, 0.15) is 26.3 Å². The van der Waals surface area contributed by atoms with Crippen molar-refractivity contribution in [2.45, 2.75) is 27.3 Å². The standard InChI is InChI=1S/C17H28N4O.HI/c1-6-19-16(20-13-17(2,3)15(22)18-4)21(5)12-14-10-8-7-9-11-14;/h7-11H,6,12-13H2,1-5H3,(H,18,22)(H,19,20);1H. The summed E-state index contributed by atoms with van der Waals surface area (Å²) in [5, 5.41) is 5.96. The van der Waals surface area contributed by atoms with E-state index >= 15 is 0 Å². The van der Waals surface area contributed by atoms with Gasteiger partial charge < -0.3 is 15.5 Å². The van der Waals surface area contributed by atoms with E-state index in [1.807, 2.05) is 46.0 Å². The van der Waals surface area contributed by atoms with Gasteiger partial charge in [-0.25, -0.2) is 0 Å². The highest BCUT2D eigenvalue weighted by molar-refractivity contribution is 14.0. The number of carbonyl (C=O) groups excluding carboxylic acids is 1. The van der Waals surface area contributed by atoms with Crippen molar-refractivity contribution < 1.29 is 4.79 Å². The van der Waals surface area contributed by atoms with Crippen molar-refractivity contribution in [1.82, 2.24) is 15.5 Å². The highest BCUT2D eigenvalue weighted by Gasteiger charge is 2.26. The zero-order valence-corrected chi connectivity index (χ0v) is 17.0. The lowest BCUT2D eigenvalue weighted by atomic mass is 9.93. The van der Waals surface area contributed by atoms with E-state index in [1.54, 1.807) is 7.05 Å². The van der Waals surface area contributed by atoms with Gasteiger partial charge in [0.15, 0.2) is 5.96 Å². The number of guanidine groups is 1.